The second kappa shape index (κ2) is 6.11. The first-order valence-corrected chi connectivity index (χ1v) is 6.06. The Morgan fingerprint density at radius 2 is 2.31 bits per heavy atom. The first-order chi connectivity index (χ1) is 7.54. The highest BCUT2D eigenvalue weighted by Crippen LogP contribution is 2.29. The molecule has 1 N–H and O–H groups in total. The molecular formula is C11H12BrClO3. The van der Waals surface area contributed by atoms with Crippen molar-refractivity contribution in [1.29, 1.82) is 0 Å². The Bertz CT molecular complexity index is 381. The van der Waals surface area contributed by atoms with Gasteiger partial charge in [0.05, 0.1) is 5.02 Å². The SMILES string of the molecule is CCCC(Oc1cc(Br)ccc1Cl)C(=O)O. The molecule has 1 atom stereocenters. The van der Waals surface area contributed by atoms with Gasteiger partial charge >= 0.3 is 5.97 Å². The Labute approximate surface area is 107 Å². The Morgan fingerprint density at radius 1 is 1.62 bits per heavy atom. The third-order valence-corrected chi connectivity index (χ3v) is 2.79. The number of hydrogen-bond acceptors (Lipinski definition) is 2. The van der Waals surface area contributed by atoms with E-state index in [4.69, 9.17) is 21.4 Å². The highest BCUT2D eigenvalue weighted by atomic mass is 79.9. The molecule has 16 heavy (non-hydrogen) atoms. The van der Waals surface area contributed by atoms with Crippen molar-refractivity contribution in [2.75, 3.05) is 0 Å². The van der Waals surface area contributed by atoms with Crippen LogP contribution in [0.25, 0.3) is 0 Å². The van der Waals surface area contributed by atoms with Gasteiger partial charge in [-0.15, -0.1) is 0 Å². The number of carboxylic acid groups (broad SMARTS) is 1. The van der Waals surface area contributed by atoms with E-state index in [0.717, 1.165) is 10.9 Å². The van der Waals surface area contributed by atoms with Gasteiger partial charge in [-0.1, -0.05) is 40.9 Å². The molecule has 0 radical (unpaired) electrons. The Hall–Kier alpha value is -0.740. The van der Waals surface area contributed by atoms with Crippen molar-refractivity contribution in [3.63, 3.8) is 0 Å². The van der Waals surface area contributed by atoms with Crippen LogP contribution >= 0.6 is 27.5 Å². The monoisotopic (exact) mass is 306 g/mol. The summed E-state index contributed by atoms with van der Waals surface area (Å²) in [6.45, 7) is 1.90. The molecule has 0 aliphatic carbocycles. The van der Waals surface area contributed by atoms with Crippen LogP contribution in [-0.4, -0.2) is 17.2 Å². The van der Waals surface area contributed by atoms with Gasteiger partial charge < -0.3 is 9.84 Å². The molecule has 0 fully saturated rings. The molecule has 1 aromatic carbocycles. The maximum Gasteiger partial charge on any atom is 0.344 e. The molecule has 0 bridgehead atoms. The van der Waals surface area contributed by atoms with E-state index in [2.05, 4.69) is 15.9 Å². The number of hydrogen-bond donors (Lipinski definition) is 1. The fraction of sp³-hybridized carbons (Fsp3) is 0.364. The van der Waals surface area contributed by atoms with Gasteiger partial charge in [0, 0.05) is 4.47 Å². The average Bonchev–Trinajstić information content (AvgIpc) is 2.22. The van der Waals surface area contributed by atoms with Crippen LogP contribution in [0.3, 0.4) is 0 Å². The van der Waals surface area contributed by atoms with Gasteiger partial charge in [-0.05, 0) is 24.6 Å². The number of benzene rings is 1. The van der Waals surface area contributed by atoms with Crippen LogP contribution in [0.5, 0.6) is 5.75 Å². The van der Waals surface area contributed by atoms with Gasteiger partial charge in [0.1, 0.15) is 5.75 Å². The quantitative estimate of drug-likeness (QED) is 0.901. The lowest BCUT2D eigenvalue weighted by atomic mass is 10.2. The topological polar surface area (TPSA) is 46.5 Å². The maximum atomic E-state index is 10.9. The number of carbonyl (C=O) groups is 1. The fourth-order valence-electron chi connectivity index (χ4n) is 1.22. The molecule has 0 saturated heterocycles. The van der Waals surface area contributed by atoms with Crippen LogP contribution in [-0.2, 0) is 4.79 Å². The van der Waals surface area contributed by atoms with E-state index in [9.17, 15) is 4.79 Å². The van der Waals surface area contributed by atoms with Gasteiger partial charge in [-0.3, -0.25) is 0 Å². The molecule has 0 aromatic heterocycles. The van der Waals surface area contributed by atoms with Crippen LogP contribution in [0.2, 0.25) is 5.02 Å². The first kappa shape index (κ1) is 13.3. The van der Waals surface area contributed by atoms with E-state index in [1.165, 1.54) is 0 Å². The van der Waals surface area contributed by atoms with Crippen molar-refractivity contribution in [2.45, 2.75) is 25.9 Å². The lowest BCUT2D eigenvalue weighted by Gasteiger charge is -2.15. The smallest absolute Gasteiger partial charge is 0.344 e. The highest BCUT2D eigenvalue weighted by molar-refractivity contribution is 9.10. The van der Waals surface area contributed by atoms with E-state index >= 15 is 0 Å². The van der Waals surface area contributed by atoms with Crippen molar-refractivity contribution in [1.82, 2.24) is 0 Å². The van der Waals surface area contributed by atoms with Crippen LogP contribution in [0.15, 0.2) is 22.7 Å². The predicted octanol–water partition coefficient (Wildman–Crippen LogP) is 3.73. The second-order valence-corrected chi connectivity index (χ2v) is 4.63. The lowest BCUT2D eigenvalue weighted by molar-refractivity contribution is -0.145. The molecule has 1 unspecified atom stereocenters. The number of ether oxygens (including phenoxy) is 1. The van der Waals surface area contributed by atoms with E-state index in [1.807, 2.05) is 6.92 Å². The zero-order valence-corrected chi connectivity index (χ0v) is 11.1. The standard InChI is InChI=1S/C11H12BrClO3/c1-2-3-9(11(14)15)16-10-6-7(12)4-5-8(10)13/h4-6,9H,2-3H2,1H3,(H,14,15). The lowest BCUT2D eigenvalue weighted by Crippen LogP contribution is -2.26. The number of rotatable bonds is 5. The normalized spacial score (nSPS) is 12.2. The van der Waals surface area contributed by atoms with Gasteiger partial charge in [0.25, 0.3) is 0 Å². The molecule has 88 valence electrons. The number of carboxylic acids is 1. The van der Waals surface area contributed by atoms with Crippen molar-refractivity contribution in [2.24, 2.45) is 0 Å². The summed E-state index contributed by atoms with van der Waals surface area (Å²) in [5, 5.41) is 9.35. The van der Waals surface area contributed by atoms with Gasteiger partial charge in [-0.25, -0.2) is 4.79 Å². The fourth-order valence-corrected chi connectivity index (χ4v) is 1.72. The minimum Gasteiger partial charge on any atom is -0.479 e. The van der Waals surface area contributed by atoms with Gasteiger partial charge in [0.2, 0.25) is 0 Å². The summed E-state index contributed by atoms with van der Waals surface area (Å²) < 4.78 is 6.17. The van der Waals surface area contributed by atoms with E-state index < -0.39 is 12.1 Å². The molecule has 5 heteroatoms. The Morgan fingerprint density at radius 3 is 2.88 bits per heavy atom. The molecule has 1 aromatic rings. The second-order valence-electron chi connectivity index (χ2n) is 3.31. The summed E-state index contributed by atoms with van der Waals surface area (Å²) in [6.07, 6.45) is 0.345. The Balaban J connectivity index is 2.84. The molecular weight excluding hydrogens is 295 g/mol. The largest absolute Gasteiger partial charge is 0.479 e. The van der Waals surface area contributed by atoms with Crippen LogP contribution in [0.4, 0.5) is 0 Å². The zero-order chi connectivity index (χ0) is 12.1. The minimum atomic E-state index is -0.974. The zero-order valence-electron chi connectivity index (χ0n) is 8.74. The summed E-state index contributed by atoms with van der Waals surface area (Å²) >= 11 is 9.18. The molecule has 0 heterocycles. The van der Waals surface area contributed by atoms with Crippen LogP contribution in [0.1, 0.15) is 19.8 Å². The van der Waals surface area contributed by atoms with Crippen LogP contribution in [0, 0.1) is 0 Å². The summed E-state index contributed by atoms with van der Waals surface area (Å²) in [6, 6.07) is 5.09. The third-order valence-electron chi connectivity index (χ3n) is 1.99. The first-order valence-electron chi connectivity index (χ1n) is 4.89. The Kier molecular flexibility index (Phi) is 5.09. The predicted molar refractivity (Wildman–Crippen MR) is 66.1 cm³/mol. The minimum absolute atomic E-state index is 0.386. The molecule has 0 amide bonds. The third kappa shape index (κ3) is 3.68. The molecule has 0 aliphatic heterocycles. The van der Waals surface area contributed by atoms with E-state index in [1.54, 1.807) is 18.2 Å². The number of aliphatic carboxylic acids is 1. The summed E-state index contributed by atoms with van der Waals surface area (Å²) in [5.74, 6) is -0.588. The van der Waals surface area contributed by atoms with Gasteiger partial charge in [-0.2, -0.15) is 0 Å². The number of halogens is 2. The molecule has 1 rings (SSSR count). The molecule has 3 nitrogen and oxygen atoms in total. The van der Waals surface area contributed by atoms with Crippen molar-refractivity contribution >= 4 is 33.5 Å². The summed E-state index contributed by atoms with van der Waals surface area (Å²) in [5.41, 5.74) is 0. The average molecular weight is 308 g/mol. The molecule has 0 spiro atoms. The molecule has 0 saturated carbocycles. The maximum absolute atomic E-state index is 10.9. The van der Waals surface area contributed by atoms with Crippen molar-refractivity contribution in [3.05, 3.63) is 27.7 Å². The molecule has 0 aliphatic rings. The van der Waals surface area contributed by atoms with E-state index in [-0.39, 0.29) is 0 Å². The van der Waals surface area contributed by atoms with Crippen LogP contribution < -0.4 is 4.74 Å². The van der Waals surface area contributed by atoms with Crippen molar-refractivity contribution in [3.8, 4) is 5.75 Å². The highest BCUT2D eigenvalue weighted by Gasteiger charge is 2.19. The summed E-state index contributed by atoms with van der Waals surface area (Å²) in [4.78, 5) is 10.9. The van der Waals surface area contributed by atoms with E-state index in [0.29, 0.717) is 17.2 Å². The van der Waals surface area contributed by atoms with Gasteiger partial charge in [0.15, 0.2) is 6.10 Å². The summed E-state index contributed by atoms with van der Waals surface area (Å²) in [7, 11) is 0. The van der Waals surface area contributed by atoms with Crippen molar-refractivity contribution < 1.29 is 14.6 Å².